The van der Waals surface area contributed by atoms with Gasteiger partial charge in [-0.15, -0.1) is 0 Å². The van der Waals surface area contributed by atoms with E-state index in [0.29, 0.717) is 0 Å². The first-order valence-corrected chi connectivity index (χ1v) is 8.50. The van der Waals surface area contributed by atoms with Crippen molar-refractivity contribution < 1.29 is 4.79 Å². The Morgan fingerprint density at radius 3 is 2.10 bits per heavy atom. The van der Waals surface area contributed by atoms with Crippen LogP contribution in [0.4, 0.5) is 0 Å². The van der Waals surface area contributed by atoms with Crippen molar-refractivity contribution in [2.75, 3.05) is 27.2 Å². The Morgan fingerprint density at radius 2 is 1.55 bits per heavy atom. The van der Waals surface area contributed by atoms with Crippen molar-refractivity contribution in [3.05, 3.63) is 0 Å². The Kier molecular flexibility index (Phi) is 13.0. The molecule has 0 spiro atoms. The normalized spacial score (nSPS) is 12.7. The lowest BCUT2D eigenvalue weighted by Crippen LogP contribution is -2.31. The van der Waals surface area contributed by atoms with Crippen LogP contribution in [0.2, 0.25) is 0 Å². The third-order valence-electron chi connectivity index (χ3n) is 3.79. The van der Waals surface area contributed by atoms with E-state index in [1.54, 1.807) is 0 Å². The van der Waals surface area contributed by atoms with Crippen LogP contribution < -0.4 is 5.32 Å². The summed E-state index contributed by atoms with van der Waals surface area (Å²) < 4.78 is 0. The van der Waals surface area contributed by atoms with E-state index >= 15 is 0 Å². The zero-order chi connectivity index (χ0) is 15.2. The molecular formula is C17H36N2O. The Morgan fingerprint density at radius 1 is 1.00 bits per heavy atom. The van der Waals surface area contributed by atoms with Crippen molar-refractivity contribution in [2.45, 2.75) is 71.6 Å². The molecule has 1 atom stereocenters. The standard InChI is InChI=1S/C17H36N2O/c1-5-6-7-8-9-10-11-12-14-18-17(20)16(2)13-15-19(3)4/h16H,5-15H2,1-4H3,(H,18,20). The van der Waals surface area contributed by atoms with Gasteiger partial charge in [0, 0.05) is 12.5 Å². The first-order valence-electron chi connectivity index (χ1n) is 8.50. The Bertz CT molecular complexity index is 229. The summed E-state index contributed by atoms with van der Waals surface area (Å²) in [7, 11) is 4.09. The molecule has 0 fully saturated rings. The number of nitrogens with one attached hydrogen (secondary N) is 1. The van der Waals surface area contributed by atoms with Crippen molar-refractivity contribution >= 4 is 5.91 Å². The molecular weight excluding hydrogens is 248 g/mol. The number of unbranched alkanes of at least 4 members (excludes halogenated alkanes) is 7. The second kappa shape index (κ2) is 13.4. The molecule has 3 heteroatoms. The number of hydrogen-bond acceptors (Lipinski definition) is 2. The van der Waals surface area contributed by atoms with Gasteiger partial charge in [-0.05, 0) is 33.5 Å². The van der Waals surface area contributed by atoms with Crippen LogP contribution >= 0.6 is 0 Å². The summed E-state index contributed by atoms with van der Waals surface area (Å²) in [5, 5.41) is 3.06. The summed E-state index contributed by atoms with van der Waals surface area (Å²) >= 11 is 0. The minimum absolute atomic E-state index is 0.131. The fourth-order valence-electron chi connectivity index (χ4n) is 2.23. The molecule has 0 radical (unpaired) electrons. The first kappa shape index (κ1) is 19.4. The summed E-state index contributed by atoms with van der Waals surface area (Å²) in [6.45, 7) is 6.10. The second-order valence-corrected chi connectivity index (χ2v) is 6.26. The van der Waals surface area contributed by atoms with Gasteiger partial charge in [0.2, 0.25) is 5.91 Å². The molecule has 0 saturated heterocycles. The van der Waals surface area contributed by atoms with E-state index in [9.17, 15) is 4.79 Å². The van der Waals surface area contributed by atoms with Gasteiger partial charge in [0.25, 0.3) is 0 Å². The Hall–Kier alpha value is -0.570. The molecule has 0 aromatic heterocycles. The maximum atomic E-state index is 11.8. The molecule has 0 aliphatic heterocycles. The lowest BCUT2D eigenvalue weighted by molar-refractivity contribution is -0.124. The molecule has 0 heterocycles. The van der Waals surface area contributed by atoms with Gasteiger partial charge < -0.3 is 10.2 Å². The molecule has 0 bridgehead atoms. The SMILES string of the molecule is CCCCCCCCCCNC(=O)C(C)CCN(C)C. The Labute approximate surface area is 126 Å². The van der Waals surface area contributed by atoms with Gasteiger partial charge in [-0.1, -0.05) is 58.8 Å². The molecule has 0 aliphatic rings. The van der Waals surface area contributed by atoms with Crippen LogP contribution in [-0.2, 0) is 4.79 Å². The van der Waals surface area contributed by atoms with Crippen molar-refractivity contribution in [2.24, 2.45) is 5.92 Å². The largest absolute Gasteiger partial charge is 0.356 e. The van der Waals surface area contributed by atoms with Crippen molar-refractivity contribution in [1.29, 1.82) is 0 Å². The lowest BCUT2D eigenvalue weighted by atomic mass is 10.1. The number of carbonyl (C=O) groups excluding carboxylic acids is 1. The third-order valence-corrected chi connectivity index (χ3v) is 3.79. The number of rotatable bonds is 13. The van der Waals surface area contributed by atoms with Gasteiger partial charge in [0.1, 0.15) is 0 Å². The van der Waals surface area contributed by atoms with Crippen LogP contribution in [0.1, 0.15) is 71.6 Å². The maximum Gasteiger partial charge on any atom is 0.222 e. The molecule has 120 valence electrons. The van der Waals surface area contributed by atoms with Gasteiger partial charge in [-0.25, -0.2) is 0 Å². The Balaban J connectivity index is 3.34. The van der Waals surface area contributed by atoms with Crippen molar-refractivity contribution in [1.82, 2.24) is 10.2 Å². The maximum absolute atomic E-state index is 11.8. The minimum atomic E-state index is 0.131. The van der Waals surface area contributed by atoms with Crippen LogP contribution in [0, 0.1) is 5.92 Å². The summed E-state index contributed by atoms with van der Waals surface area (Å²) in [6, 6.07) is 0. The highest BCUT2D eigenvalue weighted by molar-refractivity contribution is 5.78. The van der Waals surface area contributed by atoms with Crippen LogP contribution in [0.25, 0.3) is 0 Å². The lowest BCUT2D eigenvalue weighted by Gasteiger charge is -2.15. The number of nitrogens with zero attached hydrogens (tertiary/aromatic N) is 1. The number of carbonyl (C=O) groups is 1. The van der Waals surface area contributed by atoms with E-state index in [4.69, 9.17) is 0 Å². The average molecular weight is 284 g/mol. The fraction of sp³-hybridized carbons (Fsp3) is 0.941. The van der Waals surface area contributed by atoms with E-state index in [2.05, 4.69) is 17.1 Å². The highest BCUT2D eigenvalue weighted by atomic mass is 16.1. The molecule has 20 heavy (non-hydrogen) atoms. The van der Waals surface area contributed by atoms with E-state index in [1.807, 2.05) is 21.0 Å². The molecule has 0 saturated carbocycles. The molecule has 0 aromatic rings. The predicted molar refractivity (Wildman–Crippen MR) is 88.0 cm³/mol. The summed E-state index contributed by atoms with van der Waals surface area (Å²) in [6.07, 6.45) is 11.4. The topological polar surface area (TPSA) is 32.3 Å². The fourth-order valence-corrected chi connectivity index (χ4v) is 2.23. The molecule has 1 N–H and O–H groups in total. The van der Waals surface area contributed by atoms with E-state index in [0.717, 1.165) is 25.9 Å². The van der Waals surface area contributed by atoms with Crippen LogP contribution in [0.3, 0.4) is 0 Å². The summed E-state index contributed by atoms with van der Waals surface area (Å²) in [5.41, 5.74) is 0. The van der Waals surface area contributed by atoms with E-state index < -0.39 is 0 Å². The monoisotopic (exact) mass is 284 g/mol. The van der Waals surface area contributed by atoms with E-state index in [-0.39, 0.29) is 11.8 Å². The quantitative estimate of drug-likeness (QED) is 0.521. The van der Waals surface area contributed by atoms with Gasteiger partial charge >= 0.3 is 0 Å². The highest BCUT2D eigenvalue weighted by Crippen LogP contribution is 2.08. The van der Waals surface area contributed by atoms with Gasteiger partial charge in [-0.2, -0.15) is 0 Å². The predicted octanol–water partition coefficient (Wildman–Crippen LogP) is 3.83. The summed E-state index contributed by atoms with van der Waals surface area (Å²) in [4.78, 5) is 14.0. The third kappa shape index (κ3) is 12.5. The zero-order valence-corrected chi connectivity index (χ0v) is 14.2. The number of hydrogen-bond donors (Lipinski definition) is 1. The highest BCUT2D eigenvalue weighted by Gasteiger charge is 2.11. The molecule has 3 nitrogen and oxygen atoms in total. The first-order chi connectivity index (χ1) is 9.57. The second-order valence-electron chi connectivity index (χ2n) is 6.26. The van der Waals surface area contributed by atoms with Crippen molar-refractivity contribution in [3.8, 4) is 0 Å². The molecule has 1 amide bonds. The smallest absolute Gasteiger partial charge is 0.222 e. The molecule has 0 aromatic carbocycles. The average Bonchev–Trinajstić information content (AvgIpc) is 2.42. The number of amides is 1. The van der Waals surface area contributed by atoms with E-state index in [1.165, 1.54) is 44.9 Å². The van der Waals surface area contributed by atoms with Gasteiger partial charge in [0.05, 0.1) is 0 Å². The van der Waals surface area contributed by atoms with Crippen LogP contribution in [-0.4, -0.2) is 38.0 Å². The van der Waals surface area contributed by atoms with Crippen molar-refractivity contribution in [3.63, 3.8) is 0 Å². The molecule has 0 aliphatic carbocycles. The minimum Gasteiger partial charge on any atom is -0.356 e. The van der Waals surface area contributed by atoms with Crippen LogP contribution in [0.15, 0.2) is 0 Å². The summed E-state index contributed by atoms with van der Waals surface area (Å²) in [5.74, 6) is 0.348. The zero-order valence-electron chi connectivity index (χ0n) is 14.2. The van der Waals surface area contributed by atoms with Gasteiger partial charge in [0.15, 0.2) is 0 Å². The van der Waals surface area contributed by atoms with Gasteiger partial charge in [-0.3, -0.25) is 4.79 Å². The van der Waals surface area contributed by atoms with Crippen LogP contribution in [0.5, 0.6) is 0 Å². The molecule has 0 rings (SSSR count). The molecule has 1 unspecified atom stereocenters.